The molecule has 110 valence electrons. The zero-order valence-electron chi connectivity index (χ0n) is 11.6. The lowest BCUT2D eigenvalue weighted by molar-refractivity contribution is -0.137. The first-order chi connectivity index (χ1) is 9.60. The fourth-order valence-corrected chi connectivity index (χ4v) is 2.92. The van der Waals surface area contributed by atoms with E-state index < -0.39 is 5.97 Å². The number of aryl methyl sites for hydroxylation is 1. The van der Waals surface area contributed by atoms with E-state index >= 15 is 0 Å². The number of urea groups is 1. The molecular formula is C14H20N2O3S. The molecule has 0 aromatic carbocycles. The number of carboxylic acids is 1. The zero-order chi connectivity index (χ0) is 14.5. The number of aliphatic carboxylic acids is 1. The van der Waals surface area contributed by atoms with Crippen molar-refractivity contribution in [3.05, 3.63) is 21.9 Å². The van der Waals surface area contributed by atoms with Crippen molar-refractivity contribution in [1.29, 1.82) is 0 Å². The number of nitrogens with zero attached hydrogens (tertiary/aromatic N) is 1. The van der Waals surface area contributed by atoms with E-state index in [1.54, 1.807) is 16.2 Å². The molecule has 0 unspecified atom stereocenters. The highest BCUT2D eigenvalue weighted by Gasteiger charge is 2.32. The lowest BCUT2D eigenvalue weighted by atomic mass is 10.3. The van der Waals surface area contributed by atoms with Gasteiger partial charge in [-0.2, -0.15) is 0 Å². The van der Waals surface area contributed by atoms with E-state index in [4.69, 9.17) is 5.11 Å². The van der Waals surface area contributed by atoms with E-state index in [0.29, 0.717) is 6.54 Å². The van der Waals surface area contributed by atoms with Gasteiger partial charge >= 0.3 is 12.0 Å². The van der Waals surface area contributed by atoms with Crippen LogP contribution in [0.4, 0.5) is 4.79 Å². The second-order valence-electron chi connectivity index (χ2n) is 4.95. The van der Waals surface area contributed by atoms with Crippen molar-refractivity contribution in [2.24, 2.45) is 0 Å². The molecule has 1 heterocycles. The van der Waals surface area contributed by atoms with Crippen LogP contribution in [0.1, 0.15) is 35.9 Å². The Kier molecular flexibility index (Phi) is 5.00. The fourth-order valence-electron chi connectivity index (χ4n) is 2.02. The van der Waals surface area contributed by atoms with E-state index in [9.17, 15) is 9.59 Å². The maximum Gasteiger partial charge on any atom is 0.317 e. The van der Waals surface area contributed by atoms with Crippen LogP contribution < -0.4 is 5.32 Å². The molecule has 0 bridgehead atoms. The molecule has 2 amide bonds. The Morgan fingerprint density at radius 3 is 2.65 bits per heavy atom. The normalized spacial score (nSPS) is 14.1. The highest BCUT2D eigenvalue weighted by atomic mass is 32.1. The molecule has 0 saturated heterocycles. The van der Waals surface area contributed by atoms with E-state index in [0.717, 1.165) is 24.1 Å². The molecule has 1 fully saturated rings. The fraction of sp³-hybridized carbons (Fsp3) is 0.571. The SMILES string of the molecule is CCc1ccc(CNC(=O)N(CCC(=O)O)C2CC2)s1. The van der Waals surface area contributed by atoms with Gasteiger partial charge in [0.1, 0.15) is 0 Å². The van der Waals surface area contributed by atoms with Crippen molar-refractivity contribution >= 4 is 23.3 Å². The molecule has 0 spiro atoms. The third-order valence-electron chi connectivity index (χ3n) is 3.29. The minimum atomic E-state index is -0.866. The second kappa shape index (κ2) is 6.74. The Morgan fingerprint density at radius 1 is 1.40 bits per heavy atom. The Balaban J connectivity index is 1.83. The summed E-state index contributed by atoms with van der Waals surface area (Å²) in [7, 11) is 0. The third kappa shape index (κ3) is 4.23. The Hall–Kier alpha value is -1.56. The molecule has 0 atom stereocenters. The van der Waals surface area contributed by atoms with Gasteiger partial charge in [0.2, 0.25) is 0 Å². The number of hydrogen-bond donors (Lipinski definition) is 2. The molecule has 1 aromatic rings. The topological polar surface area (TPSA) is 69.6 Å². The Bertz CT molecular complexity index is 483. The molecule has 5 nitrogen and oxygen atoms in total. The number of rotatable bonds is 7. The Morgan fingerprint density at radius 2 is 2.10 bits per heavy atom. The maximum atomic E-state index is 12.1. The number of nitrogens with one attached hydrogen (secondary N) is 1. The van der Waals surface area contributed by atoms with Crippen molar-refractivity contribution in [3.63, 3.8) is 0 Å². The highest BCUT2D eigenvalue weighted by molar-refractivity contribution is 7.11. The molecular weight excluding hydrogens is 276 g/mol. The molecule has 0 aliphatic heterocycles. The number of thiophene rings is 1. The van der Waals surface area contributed by atoms with Crippen LogP contribution in [0, 0.1) is 0 Å². The number of amides is 2. The minimum absolute atomic E-state index is 0.00288. The van der Waals surface area contributed by atoms with Gasteiger partial charge in [0.15, 0.2) is 0 Å². The minimum Gasteiger partial charge on any atom is -0.481 e. The van der Waals surface area contributed by atoms with Crippen LogP contribution in [0.3, 0.4) is 0 Å². The van der Waals surface area contributed by atoms with E-state index in [2.05, 4.69) is 18.3 Å². The summed E-state index contributed by atoms with van der Waals surface area (Å²) in [6.07, 6.45) is 2.96. The average Bonchev–Trinajstić information content (AvgIpc) is 3.14. The number of carbonyl (C=O) groups excluding carboxylic acids is 1. The summed E-state index contributed by atoms with van der Waals surface area (Å²) in [6.45, 7) is 2.91. The van der Waals surface area contributed by atoms with E-state index in [1.807, 2.05) is 6.07 Å². The van der Waals surface area contributed by atoms with Crippen molar-refractivity contribution in [2.45, 2.75) is 45.2 Å². The molecule has 0 radical (unpaired) electrons. The smallest absolute Gasteiger partial charge is 0.317 e. The summed E-state index contributed by atoms with van der Waals surface area (Å²) in [4.78, 5) is 26.8. The van der Waals surface area contributed by atoms with Gasteiger partial charge < -0.3 is 15.3 Å². The van der Waals surface area contributed by atoms with Crippen LogP contribution in [0.25, 0.3) is 0 Å². The second-order valence-corrected chi connectivity index (χ2v) is 6.20. The van der Waals surface area contributed by atoms with Crippen molar-refractivity contribution in [2.75, 3.05) is 6.54 Å². The van der Waals surface area contributed by atoms with Gasteiger partial charge in [-0.3, -0.25) is 4.79 Å². The van der Waals surface area contributed by atoms with Crippen molar-refractivity contribution in [3.8, 4) is 0 Å². The molecule has 6 heteroatoms. The first kappa shape index (κ1) is 14.8. The maximum absolute atomic E-state index is 12.1. The number of carbonyl (C=O) groups is 2. The van der Waals surface area contributed by atoms with Crippen LogP contribution >= 0.6 is 11.3 Å². The monoisotopic (exact) mass is 296 g/mol. The molecule has 2 rings (SSSR count). The third-order valence-corrected chi connectivity index (χ3v) is 4.52. The van der Waals surface area contributed by atoms with Gasteiger partial charge in [-0.25, -0.2) is 4.79 Å². The predicted molar refractivity (Wildman–Crippen MR) is 77.9 cm³/mol. The number of hydrogen-bond acceptors (Lipinski definition) is 3. The van der Waals surface area contributed by atoms with Crippen LogP contribution in [-0.2, 0) is 17.8 Å². The van der Waals surface area contributed by atoms with Crippen LogP contribution in [-0.4, -0.2) is 34.6 Å². The van der Waals surface area contributed by atoms with E-state index in [-0.39, 0.29) is 25.0 Å². The highest BCUT2D eigenvalue weighted by Crippen LogP contribution is 2.27. The molecule has 20 heavy (non-hydrogen) atoms. The number of carboxylic acid groups (broad SMARTS) is 1. The lowest BCUT2D eigenvalue weighted by Gasteiger charge is -2.21. The van der Waals surface area contributed by atoms with Crippen molar-refractivity contribution < 1.29 is 14.7 Å². The van der Waals surface area contributed by atoms with Gasteiger partial charge in [-0.05, 0) is 31.4 Å². The molecule has 1 aliphatic rings. The van der Waals surface area contributed by atoms with Crippen LogP contribution in [0.15, 0.2) is 12.1 Å². The first-order valence-corrected chi connectivity index (χ1v) is 7.75. The molecule has 1 aromatic heterocycles. The van der Waals surface area contributed by atoms with Gasteiger partial charge in [0.05, 0.1) is 13.0 Å². The average molecular weight is 296 g/mol. The largest absolute Gasteiger partial charge is 0.481 e. The first-order valence-electron chi connectivity index (χ1n) is 6.94. The van der Waals surface area contributed by atoms with Gasteiger partial charge in [-0.1, -0.05) is 6.92 Å². The summed E-state index contributed by atoms with van der Waals surface area (Å²) in [6, 6.07) is 4.18. The predicted octanol–water partition coefficient (Wildman–Crippen LogP) is 2.46. The summed E-state index contributed by atoms with van der Waals surface area (Å²) in [5.74, 6) is -0.866. The quantitative estimate of drug-likeness (QED) is 0.812. The standard InChI is InChI=1S/C14H20N2O3S/c1-2-11-5-6-12(20-11)9-15-14(19)16(10-3-4-10)8-7-13(17)18/h5-6,10H,2-4,7-9H2,1H3,(H,15,19)(H,17,18). The summed E-state index contributed by atoms with van der Waals surface area (Å²) >= 11 is 1.70. The molecule has 2 N–H and O–H groups in total. The summed E-state index contributed by atoms with van der Waals surface area (Å²) in [5, 5.41) is 11.6. The zero-order valence-corrected chi connectivity index (χ0v) is 12.4. The van der Waals surface area contributed by atoms with Gasteiger partial charge in [0, 0.05) is 22.3 Å². The van der Waals surface area contributed by atoms with E-state index in [1.165, 1.54) is 4.88 Å². The lowest BCUT2D eigenvalue weighted by Crippen LogP contribution is -2.42. The summed E-state index contributed by atoms with van der Waals surface area (Å²) in [5.41, 5.74) is 0. The van der Waals surface area contributed by atoms with Crippen molar-refractivity contribution in [1.82, 2.24) is 10.2 Å². The molecule has 1 saturated carbocycles. The summed E-state index contributed by atoms with van der Waals surface area (Å²) < 4.78 is 0. The molecule has 1 aliphatic carbocycles. The van der Waals surface area contributed by atoms with Gasteiger partial charge in [-0.15, -0.1) is 11.3 Å². The van der Waals surface area contributed by atoms with Gasteiger partial charge in [0.25, 0.3) is 0 Å². The van der Waals surface area contributed by atoms with Crippen LogP contribution in [0.5, 0.6) is 0 Å². The Labute approximate surface area is 122 Å². The van der Waals surface area contributed by atoms with Crippen LogP contribution in [0.2, 0.25) is 0 Å².